The van der Waals surface area contributed by atoms with Gasteiger partial charge in [-0.25, -0.2) is 8.42 Å². The Balaban J connectivity index is 2.13. The summed E-state index contributed by atoms with van der Waals surface area (Å²) in [4.78, 5) is 0. The van der Waals surface area contributed by atoms with Crippen LogP contribution in [0, 0.1) is 22.7 Å². The zero-order valence-corrected chi connectivity index (χ0v) is 9.73. The van der Waals surface area contributed by atoms with E-state index in [0.29, 0.717) is 17.4 Å². The highest BCUT2D eigenvalue weighted by Gasteiger charge is 2.68. The number of sulfone groups is 1. The molecule has 2 aliphatic carbocycles. The minimum Gasteiger partial charge on any atom is -0.229 e. The van der Waals surface area contributed by atoms with Crippen LogP contribution in [0.2, 0.25) is 0 Å². The number of rotatable bonds is 0. The van der Waals surface area contributed by atoms with Gasteiger partial charge in [0.05, 0.1) is 11.5 Å². The third kappa shape index (κ3) is 0.814. The van der Waals surface area contributed by atoms with Gasteiger partial charge in [-0.1, -0.05) is 13.8 Å². The summed E-state index contributed by atoms with van der Waals surface area (Å²) in [5.41, 5.74) is 0.442. The predicted octanol–water partition coefficient (Wildman–Crippen LogP) is 1.86. The fraction of sp³-hybridized carbons (Fsp3) is 1.00. The van der Waals surface area contributed by atoms with Crippen LogP contribution in [-0.4, -0.2) is 19.9 Å². The molecule has 0 amide bonds. The lowest BCUT2D eigenvalue weighted by molar-refractivity contribution is 0.128. The van der Waals surface area contributed by atoms with Gasteiger partial charge >= 0.3 is 0 Å². The minimum absolute atomic E-state index is 0.163. The van der Waals surface area contributed by atoms with Crippen molar-refractivity contribution in [2.45, 2.75) is 33.1 Å². The van der Waals surface area contributed by atoms with Crippen LogP contribution in [0.3, 0.4) is 0 Å². The van der Waals surface area contributed by atoms with E-state index >= 15 is 0 Å². The highest BCUT2D eigenvalue weighted by Crippen LogP contribution is 2.70. The Morgan fingerprint density at radius 2 is 1.93 bits per heavy atom. The second kappa shape index (κ2) is 2.21. The molecule has 3 aliphatic rings. The molecular weight excluding hydrogens is 196 g/mol. The van der Waals surface area contributed by atoms with Crippen LogP contribution >= 0.6 is 0 Å². The summed E-state index contributed by atoms with van der Waals surface area (Å²) in [6.07, 6.45) is 3.60. The molecule has 2 saturated carbocycles. The zero-order valence-electron chi connectivity index (χ0n) is 8.91. The molecule has 2 nitrogen and oxygen atoms in total. The van der Waals surface area contributed by atoms with E-state index in [4.69, 9.17) is 0 Å². The lowest BCUT2D eigenvalue weighted by Gasteiger charge is -2.37. The van der Waals surface area contributed by atoms with E-state index < -0.39 is 9.84 Å². The molecule has 3 unspecified atom stereocenters. The van der Waals surface area contributed by atoms with Crippen LogP contribution in [0.15, 0.2) is 0 Å². The van der Waals surface area contributed by atoms with Gasteiger partial charge in [-0.05, 0) is 41.9 Å². The lowest BCUT2D eigenvalue weighted by Crippen LogP contribution is -2.35. The Labute approximate surface area is 86.0 Å². The molecule has 0 aromatic carbocycles. The third-order valence-corrected chi connectivity index (χ3v) is 7.39. The monoisotopic (exact) mass is 214 g/mol. The lowest BCUT2D eigenvalue weighted by atomic mass is 9.67. The summed E-state index contributed by atoms with van der Waals surface area (Å²) in [6, 6.07) is 0. The standard InChI is InChI=1S/C11H18O2S/c1-10(2)8-3-4-11(10)7-14(12,13)6-9(11)5-8/h8-9H,3-7H2,1-2H3. The van der Waals surface area contributed by atoms with Crippen LogP contribution in [0.4, 0.5) is 0 Å². The maximum Gasteiger partial charge on any atom is 0.151 e. The molecule has 0 radical (unpaired) electrons. The maximum absolute atomic E-state index is 11.7. The van der Waals surface area contributed by atoms with Gasteiger partial charge in [0.25, 0.3) is 0 Å². The molecule has 0 aromatic heterocycles. The first-order valence-electron chi connectivity index (χ1n) is 5.58. The SMILES string of the molecule is CC1(C)C2CCC13CS(=O)(=O)CC3C2. The number of hydrogen-bond acceptors (Lipinski definition) is 2. The molecule has 14 heavy (non-hydrogen) atoms. The van der Waals surface area contributed by atoms with E-state index in [1.807, 2.05) is 0 Å². The van der Waals surface area contributed by atoms with Crippen molar-refractivity contribution in [1.29, 1.82) is 0 Å². The summed E-state index contributed by atoms with van der Waals surface area (Å²) in [7, 11) is -2.72. The zero-order chi connectivity index (χ0) is 10.2. The van der Waals surface area contributed by atoms with Gasteiger partial charge in [-0.2, -0.15) is 0 Å². The summed E-state index contributed by atoms with van der Waals surface area (Å²) in [5.74, 6) is 2.24. The van der Waals surface area contributed by atoms with E-state index in [0.717, 1.165) is 12.3 Å². The summed E-state index contributed by atoms with van der Waals surface area (Å²) in [6.45, 7) is 4.59. The Morgan fingerprint density at radius 1 is 1.21 bits per heavy atom. The van der Waals surface area contributed by atoms with Gasteiger partial charge in [0.15, 0.2) is 9.84 Å². The van der Waals surface area contributed by atoms with Gasteiger partial charge in [0.2, 0.25) is 0 Å². The number of fused-ring (bicyclic) bond motifs is 1. The molecule has 1 aliphatic heterocycles. The minimum atomic E-state index is -2.72. The summed E-state index contributed by atoms with van der Waals surface area (Å²) < 4.78 is 23.4. The first-order valence-corrected chi connectivity index (χ1v) is 7.40. The van der Waals surface area contributed by atoms with E-state index in [1.165, 1.54) is 12.8 Å². The molecule has 1 saturated heterocycles. The molecule has 2 bridgehead atoms. The average Bonchev–Trinajstić information content (AvgIpc) is 2.50. The van der Waals surface area contributed by atoms with Crippen molar-refractivity contribution >= 4 is 9.84 Å². The van der Waals surface area contributed by atoms with Gasteiger partial charge < -0.3 is 0 Å². The Bertz CT molecular complexity index is 382. The summed E-state index contributed by atoms with van der Waals surface area (Å²) >= 11 is 0. The molecule has 1 spiro atoms. The summed E-state index contributed by atoms with van der Waals surface area (Å²) in [5, 5.41) is 0. The second-order valence-corrected chi connectivity index (χ2v) is 8.21. The molecule has 3 fully saturated rings. The molecule has 80 valence electrons. The van der Waals surface area contributed by atoms with Crippen LogP contribution in [0.25, 0.3) is 0 Å². The van der Waals surface area contributed by atoms with Crippen molar-refractivity contribution in [1.82, 2.24) is 0 Å². The molecule has 3 rings (SSSR count). The number of hydrogen-bond donors (Lipinski definition) is 0. The van der Waals surface area contributed by atoms with Crippen molar-refractivity contribution in [3.8, 4) is 0 Å². The van der Waals surface area contributed by atoms with Crippen molar-refractivity contribution in [2.75, 3.05) is 11.5 Å². The normalized spacial score (nSPS) is 52.1. The van der Waals surface area contributed by atoms with Gasteiger partial charge in [-0.3, -0.25) is 0 Å². The Morgan fingerprint density at radius 3 is 2.50 bits per heavy atom. The second-order valence-electron chi connectivity index (χ2n) is 6.10. The van der Waals surface area contributed by atoms with Crippen molar-refractivity contribution in [3.05, 3.63) is 0 Å². The predicted molar refractivity (Wildman–Crippen MR) is 55.7 cm³/mol. The average molecular weight is 214 g/mol. The van der Waals surface area contributed by atoms with Crippen LogP contribution < -0.4 is 0 Å². The topological polar surface area (TPSA) is 34.1 Å². The van der Waals surface area contributed by atoms with Crippen LogP contribution in [0.5, 0.6) is 0 Å². The first kappa shape index (κ1) is 9.20. The fourth-order valence-corrected chi connectivity index (χ4v) is 7.32. The molecule has 3 heteroatoms. The van der Waals surface area contributed by atoms with Crippen molar-refractivity contribution in [2.24, 2.45) is 22.7 Å². The molecular formula is C11H18O2S. The van der Waals surface area contributed by atoms with Gasteiger partial charge in [0, 0.05) is 0 Å². The Hall–Kier alpha value is -0.0500. The van der Waals surface area contributed by atoms with Crippen molar-refractivity contribution < 1.29 is 8.42 Å². The highest BCUT2D eigenvalue weighted by atomic mass is 32.2. The van der Waals surface area contributed by atoms with E-state index in [-0.39, 0.29) is 10.8 Å². The van der Waals surface area contributed by atoms with Crippen LogP contribution in [0.1, 0.15) is 33.1 Å². The van der Waals surface area contributed by atoms with Crippen LogP contribution in [-0.2, 0) is 9.84 Å². The smallest absolute Gasteiger partial charge is 0.151 e. The first-order chi connectivity index (χ1) is 6.37. The fourth-order valence-electron chi connectivity index (χ4n) is 4.59. The molecule has 3 atom stereocenters. The molecule has 0 aromatic rings. The maximum atomic E-state index is 11.7. The molecule has 1 heterocycles. The largest absolute Gasteiger partial charge is 0.229 e. The third-order valence-electron chi connectivity index (χ3n) is 5.53. The van der Waals surface area contributed by atoms with Gasteiger partial charge in [-0.15, -0.1) is 0 Å². The van der Waals surface area contributed by atoms with Crippen molar-refractivity contribution in [3.63, 3.8) is 0 Å². The van der Waals surface area contributed by atoms with E-state index in [2.05, 4.69) is 13.8 Å². The highest BCUT2D eigenvalue weighted by molar-refractivity contribution is 7.91. The van der Waals surface area contributed by atoms with E-state index in [9.17, 15) is 8.42 Å². The quantitative estimate of drug-likeness (QED) is 0.617. The van der Waals surface area contributed by atoms with Gasteiger partial charge in [0.1, 0.15) is 0 Å². The molecule has 0 N–H and O–H groups in total. The Kier molecular flexibility index (Phi) is 1.45. The van der Waals surface area contributed by atoms with E-state index in [1.54, 1.807) is 0 Å².